The molecule has 0 amide bonds. The lowest BCUT2D eigenvalue weighted by atomic mass is 9.94. The third kappa shape index (κ3) is 4.11. The number of pyridine rings is 1. The number of aromatic nitrogens is 3. The molecule has 2 aliphatic heterocycles. The number of nitriles is 1. The highest BCUT2D eigenvalue weighted by molar-refractivity contribution is 5.91. The SMILES string of the molecule is CCC(c1ccc(C)cc1)N1C[C@H](CC)N(c2nc(=O)n3c4c(cc(C#N)nc24)OCC3)C[C@H]1CC. The van der Waals surface area contributed by atoms with Crippen molar-refractivity contribution in [3.05, 3.63) is 57.6 Å². The van der Waals surface area contributed by atoms with Crippen LogP contribution in [0.5, 0.6) is 5.75 Å². The molecule has 5 rings (SSSR count). The molecule has 2 aromatic heterocycles. The first kappa shape index (κ1) is 24.3. The molecular formula is C28H34N6O2. The third-order valence-corrected chi connectivity index (χ3v) is 7.76. The summed E-state index contributed by atoms with van der Waals surface area (Å²) in [5.74, 6) is 1.11. The molecule has 2 aliphatic rings. The Morgan fingerprint density at radius 3 is 2.53 bits per heavy atom. The van der Waals surface area contributed by atoms with E-state index in [4.69, 9.17) is 4.74 Å². The van der Waals surface area contributed by atoms with Crippen molar-refractivity contribution < 1.29 is 4.74 Å². The molecule has 1 fully saturated rings. The van der Waals surface area contributed by atoms with Gasteiger partial charge in [-0.05, 0) is 31.7 Å². The van der Waals surface area contributed by atoms with E-state index in [0.717, 1.165) is 32.4 Å². The van der Waals surface area contributed by atoms with Crippen molar-refractivity contribution in [2.75, 3.05) is 24.6 Å². The normalized spacial score (nSPS) is 20.7. The molecule has 0 bridgehead atoms. The van der Waals surface area contributed by atoms with Crippen molar-refractivity contribution in [1.29, 1.82) is 5.26 Å². The highest BCUT2D eigenvalue weighted by Gasteiger charge is 2.38. The summed E-state index contributed by atoms with van der Waals surface area (Å²) in [5, 5.41) is 9.61. The summed E-state index contributed by atoms with van der Waals surface area (Å²) in [7, 11) is 0. The number of benzene rings is 1. The Kier molecular flexibility index (Phi) is 6.67. The van der Waals surface area contributed by atoms with Gasteiger partial charge in [-0.25, -0.2) is 9.78 Å². The number of nitrogens with zero attached hydrogens (tertiary/aromatic N) is 6. The third-order valence-electron chi connectivity index (χ3n) is 7.76. The molecule has 8 heteroatoms. The van der Waals surface area contributed by atoms with E-state index in [-0.39, 0.29) is 17.4 Å². The first-order chi connectivity index (χ1) is 17.5. The van der Waals surface area contributed by atoms with Crippen LogP contribution in [0.4, 0.5) is 5.82 Å². The van der Waals surface area contributed by atoms with Gasteiger partial charge >= 0.3 is 5.69 Å². The molecule has 3 atom stereocenters. The van der Waals surface area contributed by atoms with Crippen molar-refractivity contribution in [1.82, 2.24) is 19.4 Å². The van der Waals surface area contributed by atoms with E-state index < -0.39 is 0 Å². The Morgan fingerprint density at radius 1 is 1.11 bits per heavy atom. The van der Waals surface area contributed by atoms with E-state index in [9.17, 15) is 10.1 Å². The fourth-order valence-electron chi connectivity index (χ4n) is 5.83. The van der Waals surface area contributed by atoms with Crippen molar-refractivity contribution in [3.8, 4) is 11.8 Å². The van der Waals surface area contributed by atoms with Gasteiger partial charge in [0.2, 0.25) is 0 Å². The maximum atomic E-state index is 13.1. The first-order valence-electron chi connectivity index (χ1n) is 13.1. The quantitative estimate of drug-likeness (QED) is 0.516. The molecule has 0 aliphatic carbocycles. The van der Waals surface area contributed by atoms with Crippen LogP contribution in [-0.4, -0.2) is 51.2 Å². The fourth-order valence-corrected chi connectivity index (χ4v) is 5.83. The van der Waals surface area contributed by atoms with E-state index in [1.165, 1.54) is 11.1 Å². The summed E-state index contributed by atoms with van der Waals surface area (Å²) in [5.41, 5.74) is 3.83. The Hall–Kier alpha value is -3.44. The van der Waals surface area contributed by atoms with Crippen molar-refractivity contribution in [2.45, 2.75) is 71.6 Å². The van der Waals surface area contributed by atoms with Crippen LogP contribution >= 0.6 is 0 Å². The second-order valence-corrected chi connectivity index (χ2v) is 9.84. The number of anilines is 1. The van der Waals surface area contributed by atoms with E-state index >= 15 is 0 Å². The molecule has 0 radical (unpaired) electrons. The van der Waals surface area contributed by atoms with Gasteiger partial charge in [0.15, 0.2) is 5.82 Å². The number of aryl methyl sites for hydroxylation is 1. The number of rotatable bonds is 6. The minimum Gasteiger partial charge on any atom is -0.489 e. The zero-order valence-electron chi connectivity index (χ0n) is 21.6. The maximum absolute atomic E-state index is 13.1. The summed E-state index contributed by atoms with van der Waals surface area (Å²) < 4.78 is 7.48. The molecule has 0 saturated carbocycles. The lowest BCUT2D eigenvalue weighted by Gasteiger charge is -2.49. The molecule has 8 nitrogen and oxygen atoms in total. The van der Waals surface area contributed by atoms with Crippen LogP contribution in [0.25, 0.3) is 11.0 Å². The predicted octanol–water partition coefficient (Wildman–Crippen LogP) is 4.19. The van der Waals surface area contributed by atoms with Gasteiger partial charge in [0.25, 0.3) is 0 Å². The second kappa shape index (κ2) is 9.90. The Morgan fingerprint density at radius 2 is 1.86 bits per heavy atom. The highest BCUT2D eigenvalue weighted by atomic mass is 16.5. The van der Waals surface area contributed by atoms with Gasteiger partial charge in [-0.1, -0.05) is 50.6 Å². The van der Waals surface area contributed by atoms with E-state index in [2.05, 4.69) is 77.8 Å². The van der Waals surface area contributed by atoms with E-state index in [0.29, 0.717) is 47.8 Å². The Bertz CT molecular complexity index is 1360. The summed E-state index contributed by atoms with van der Waals surface area (Å²) in [4.78, 5) is 27.2. The first-order valence-corrected chi connectivity index (χ1v) is 13.1. The molecule has 4 heterocycles. The summed E-state index contributed by atoms with van der Waals surface area (Å²) >= 11 is 0. The van der Waals surface area contributed by atoms with Crippen molar-refractivity contribution >= 4 is 16.9 Å². The number of hydrogen-bond acceptors (Lipinski definition) is 7. The fraction of sp³-hybridized carbons (Fsp3) is 0.500. The standard InChI is InChI=1S/C28H34N6O2/c1-5-21-17-34(22(6-2)16-33(21)23(7-3)19-10-8-18(4)9-11-19)27-25-26-24(14-20(15-29)30-25)36-13-12-32(26)28(35)31-27/h8-11,14,21-23H,5-7,12-13,16-17H2,1-4H3/t21-,22+,23?/m1/s1. The smallest absolute Gasteiger partial charge is 0.350 e. The van der Waals surface area contributed by atoms with Gasteiger partial charge in [-0.2, -0.15) is 10.2 Å². The molecular weight excluding hydrogens is 452 g/mol. The Balaban J connectivity index is 1.58. The van der Waals surface area contributed by atoms with Crippen LogP contribution in [-0.2, 0) is 6.54 Å². The average molecular weight is 487 g/mol. The molecule has 0 spiro atoms. The summed E-state index contributed by atoms with van der Waals surface area (Å²) in [6.45, 7) is 11.2. The molecule has 1 saturated heterocycles. The predicted molar refractivity (Wildman–Crippen MR) is 140 cm³/mol. The zero-order chi connectivity index (χ0) is 25.4. The Labute approximate surface area is 212 Å². The monoisotopic (exact) mass is 486 g/mol. The zero-order valence-corrected chi connectivity index (χ0v) is 21.6. The highest BCUT2D eigenvalue weighted by Crippen LogP contribution is 2.37. The summed E-state index contributed by atoms with van der Waals surface area (Å²) in [6, 6.07) is 13.5. The molecule has 36 heavy (non-hydrogen) atoms. The molecule has 0 N–H and O–H groups in total. The van der Waals surface area contributed by atoms with Gasteiger partial charge in [-0.3, -0.25) is 9.47 Å². The lowest BCUT2D eigenvalue weighted by Crippen LogP contribution is -2.59. The number of piperazine rings is 1. The van der Waals surface area contributed by atoms with Gasteiger partial charge in [0.1, 0.15) is 35.2 Å². The van der Waals surface area contributed by atoms with Crippen molar-refractivity contribution in [3.63, 3.8) is 0 Å². The molecule has 1 unspecified atom stereocenters. The van der Waals surface area contributed by atoms with Crippen molar-refractivity contribution in [2.24, 2.45) is 0 Å². The van der Waals surface area contributed by atoms with Gasteiger partial charge in [0, 0.05) is 37.3 Å². The second-order valence-electron chi connectivity index (χ2n) is 9.84. The number of hydrogen-bond donors (Lipinski definition) is 0. The molecule has 1 aromatic carbocycles. The van der Waals surface area contributed by atoms with Crippen LogP contribution in [0.2, 0.25) is 0 Å². The largest absolute Gasteiger partial charge is 0.489 e. The maximum Gasteiger partial charge on any atom is 0.350 e. The lowest BCUT2D eigenvalue weighted by molar-refractivity contribution is 0.0895. The van der Waals surface area contributed by atoms with Crippen LogP contribution in [0, 0.1) is 18.3 Å². The number of ether oxygens (including phenoxy) is 1. The minimum absolute atomic E-state index is 0.165. The van der Waals surface area contributed by atoms with E-state index in [1.807, 2.05) is 0 Å². The van der Waals surface area contributed by atoms with Gasteiger partial charge in [0.05, 0.1) is 6.54 Å². The van der Waals surface area contributed by atoms with Crippen LogP contribution < -0.4 is 15.3 Å². The molecule has 188 valence electrons. The van der Waals surface area contributed by atoms with Crippen LogP contribution in [0.3, 0.4) is 0 Å². The van der Waals surface area contributed by atoms with Gasteiger partial charge in [-0.15, -0.1) is 0 Å². The minimum atomic E-state index is -0.287. The summed E-state index contributed by atoms with van der Waals surface area (Å²) in [6.07, 6.45) is 2.92. The topological polar surface area (TPSA) is 87.3 Å². The molecule has 3 aromatic rings. The van der Waals surface area contributed by atoms with Crippen LogP contribution in [0.1, 0.15) is 62.9 Å². The van der Waals surface area contributed by atoms with Crippen LogP contribution in [0.15, 0.2) is 35.1 Å². The average Bonchev–Trinajstić information content (AvgIpc) is 2.91. The van der Waals surface area contributed by atoms with Gasteiger partial charge < -0.3 is 9.64 Å². The van der Waals surface area contributed by atoms with E-state index in [1.54, 1.807) is 10.6 Å².